The van der Waals surface area contributed by atoms with Gasteiger partial charge in [0, 0.05) is 26.7 Å². The number of hydrogen-bond acceptors (Lipinski definition) is 4. The highest BCUT2D eigenvalue weighted by atomic mass is 127. The second kappa shape index (κ2) is 11.4. The summed E-state index contributed by atoms with van der Waals surface area (Å²) >= 11 is 0. The molecule has 6 nitrogen and oxygen atoms in total. The van der Waals surface area contributed by atoms with Gasteiger partial charge >= 0.3 is 0 Å². The van der Waals surface area contributed by atoms with Gasteiger partial charge in [-0.05, 0) is 54.8 Å². The van der Waals surface area contributed by atoms with Gasteiger partial charge in [0.2, 0.25) is 6.79 Å². The molecule has 7 heteroatoms. The lowest BCUT2D eigenvalue weighted by Crippen LogP contribution is -2.36. The van der Waals surface area contributed by atoms with Crippen LogP contribution < -0.4 is 20.1 Å². The Hall–Kier alpha value is -2.00. The van der Waals surface area contributed by atoms with Crippen LogP contribution in [0.15, 0.2) is 47.5 Å². The number of halogens is 1. The summed E-state index contributed by atoms with van der Waals surface area (Å²) in [4.78, 5) is 6.87. The monoisotopic (exact) mass is 522 g/mol. The van der Waals surface area contributed by atoms with Crippen molar-refractivity contribution in [2.75, 3.05) is 26.9 Å². The fourth-order valence-electron chi connectivity index (χ4n) is 3.78. The Morgan fingerprint density at radius 1 is 0.867 bits per heavy atom. The van der Waals surface area contributed by atoms with Crippen LogP contribution in [-0.2, 0) is 19.6 Å². The molecule has 0 aliphatic carbocycles. The normalized spacial score (nSPS) is 16.1. The van der Waals surface area contributed by atoms with Gasteiger partial charge in [-0.3, -0.25) is 9.89 Å². The molecule has 30 heavy (non-hydrogen) atoms. The Balaban J connectivity index is 0.00000256. The molecule has 0 unspecified atom stereocenters. The summed E-state index contributed by atoms with van der Waals surface area (Å²) < 4.78 is 10.8. The zero-order valence-corrected chi connectivity index (χ0v) is 19.9. The molecule has 0 saturated carbocycles. The van der Waals surface area contributed by atoms with Gasteiger partial charge < -0.3 is 20.1 Å². The molecule has 2 aromatic carbocycles. The molecule has 2 aromatic rings. The Morgan fingerprint density at radius 2 is 1.50 bits per heavy atom. The van der Waals surface area contributed by atoms with Crippen LogP contribution in [0, 0.1) is 0 Å². The third-order valence-electron chi connectivity index (χ3n) is 5.46. The quantitative estimate of drug-likeness (QED) is 0.343. The molecule has 162 valence electrons. The van der Waals surface area contributed by atoms with E-state index in [-0.39, 0.29) is 24.0 Å². The van der Waals surface area contributed by atoms with Crippen molar-refractivity contribution in [1.29, 1.82) is 0 Å². The van der Waals surface area contributed by atoms with E-state index in [0.29, 0.717) is 13.3 Å². The maximum absolute atomic E-state index is 5.44. The standard InChI is InChI=1S/C23H30N4O2.HI/c1-24-23(26-15-20-9-10-21-22(13-20)29-17-28-21)25-14-18-5-7-19(8-6-18)16-27-11-3-2-4-12-27;/h5-10,13H,2-4,11-12,14-17H2,1H3,(H2,24,25,26);1H. The molecule has 0 atom stereocenters. The van der Waals surface area contributed by atoms with Gasteiger partial charge in [0.15, 0.2) is 17.5 Å². The van der Waals surface area contributed by atoms with Gasteiger partial charge in [0.1, 0.15) is 0 Å². The summed E-state index contributed by atoms with van der Waals surface area (Å²) in [6.45, 7) is 5.23. The molecule has 1 fully saturated rings. The number of nitrogens with one attached hydrogen (secondary N) is 2. The molecule has 4 rings (SSSR count). The van der Waals surface area contributed by atoms with E-state index in [4.69, 9.17) is 9.47 Å². The lowest BCUT2D eigenvalue weighted by molar-refractivity contribution is 0.174. The maximum atomic E-state index is 5.44. The molecule has 0 amide bonds. The molecule has 2 aliphatic heterocycles. The minimum absolute atomic E-state index is 0. The Kier molecular flexibility index (Phi) is 8.62. The van der Waals surface area contributed by atoms with Crippen molar-refractivity contribution < 1.29 is 9.47 Å². The highest BCUT2D eigenvalue weighted by Gasteiger charge is 2.13. The average Bonchev–Trinajstić information content (AvgIpc) is 3.24. The molecule has 0 bridgehead atoms. The van der Waals surface area contributed by atoms with E-state index in [9.17, 15) is 0 Å². The summed E-state index contributed by atoms with van der Waals surface area (Å²) in [7, 11) is 1.79. The SMILES string of the molecule is CN=C(NCc1ccc(CN2CCCCC2)cc1)NCc1ccc2c(c1)OCO2.I. The first kappa shape index (κ1) is 22.7. The van der Waals surface area contributed by atoms with Crippen LogP contribution in [0.5, 0.6) is 11.5 Å². The fourth-order valence-corrected chi connectivity index (χ4v) is 3.78. The lowest BCUT2D eigenvalue weighted by Gasteiger charge is -2.26. The van der Waals surface area contributed by atoms with Gasteiger partial charge in [0.25, 0.3) is 0 Å². The highest BCUT2D eigenvalue weighted by Crippen LogP contribution is 2.32. The van der Waals surface area contributed by atoms with Crippen molar-refractivity contribution in [3.05, 3.63) is 59.2 Å². The zero-order valence-electron chi connectivity index (χ0n) is 17.5. The Bertz CT molecular complexity index is 836. The number of aliphatic imine (C=N–C) groups is 1. The van der Waals surface area contributed by atoms with Crippen molar-refractivity contribution in [3.8, 4) is 11.5 Å². The van der Waals surface area contributed by atoms with Crippen molar-refractivity contribution in [1.82, 2.24) is 15.5 Å². The van der Waals surface area contributed by atoms with Crippen LogP contribution in [-0.4, -0.2) is 37.8 Å². The van der Waals surface area contributed by atoms with Crippen LogP contribution in [0.4, 0.5) is 0 Å². The van der Waals surface area contributed by atoms with Crippen LogP contribution in [0.3, 0.4) is 0 Å². The van der Waals surface area contributed by atoms with E-state index in [1.54, 1.807) is 7.05 Å². The van der Waals surface area contributed by atoms with E-state index in [2.05, 4.69) is 44.8 Å². The van der Waals surface area contributed by atoms with Gasteiger partial charge in [0.05, 0.1) is 0 Å². The van der Waals surface area contributed by atoms with Crippen molar-refractivity contribution in [2.45, 2.75) is 38.9 Å². The highest BCUT2D eigenvalue weighted by molar-refractivity contribution is 14.0. The van der Waals surface area contributed by atoms with Crippen LogP contribution >= 0.6 is 24.0 Å². The number of rotatable bonds is 6. The van der Waals surface area contributed by atoms with E-state index < -0.39 is 0 Å². The number of guanidine groups is 1. The number of fused-ring (bicyclic) bond motifs is 1. The predicted molar refractivity (Wildman–Crippen MR) is 131 cm³/mol. The van der Waals surface area contributed by atoms with Gasteiger partial charge in [-0.2, -0.15) is 0 Å². The van der Waals surface area contributed by atoms with Gasteiger partial charge in [-0.25, -0.2) is 0 Å². The van der Waals surface area contributed by atoms with Crippen molar-refractivity contribution >= 4 is 29.9 Å². The summed E-state index contributed by atoms with van der Waals surface area (Å²) in [6, 6.07) is 14.9. The number of hydrogen-bond donors (Lipinski definition) is 2. The fraction of sp³-hybridized carbons (Fsp3) is 0.435. The first-order valence-corrected chi connectivity index (χ1v) is 10.4. The molecular weight excluding hydrogens is 491 g/mol. The second-order valence-electron chi connectivity index (χ2n) is 7.62. The Morgan fingerprint density at radius 3 is 2.23 bits per heavy atom. The molecule has 0 aromatic heterocycles. The number of nitrogens with zero attached hydrogens (tertiary/aromatic N) is 2. The Labute approximate surface area is 196 Å². The molecule has 2 aliphatic rings. The van der Waals surface area contributed by atoms with Gasteiger partial charge in [-0.1, -0.05) is 36.8 Å². The van der Waals surface area contributed by atoms with Crippen LogP contribution in [0.25, 0.3) is 0 Å². The van der Waals surface area contributed by atoms with E-state index in [0.717, 1.165) is 36.1 Å². The van der Waals surface area contributed by atoms with E-state index >= 15 is 0 Å². The van der Waals surface area contributed by atoms with Crippen molar-refractivity contribution in [3.63, 3.8) is 0 Å². The molecular formula is C23H31IN4O2. The predicted octanol–water partition coefficient (Wildman–Crippen LogP) is 3.88. The summed E-state index contributed by atoms with van der Waals surface area (Å²) in [5.74, 6) is 2.39. The molecule has 1 saturated heterocycles. The molecule has 0 radical (unpaired) electrons. The lowest BCUT2D eigenvalue weighted by atomic mass is 10.1. The third kappa shape index (κ3) is 6.25. The van der Waals surface area contributed by atoms with Crippen LogP contribution in [0.2, 0.25) is 0 Å². The number of benzene rings is 2. The third-order valence-corrected chi connectivity index (χ3v) is 5.46. The van der Waals surface area contributed by atoms with E-state index in [1.165, 1.54) is 43.5 Å². The topological polar surface area (TPSA) is 58.1 Å². The number of ether oxygens (including phenoxy) is 2. The molecule has 0 spiro atoms. The maximum Gasteiger partial charge on any atom is 0.231 e. The first-order valence-electron chi connectivity index (χ1n) is 10.4. The number of likely N-dealkylation sites (tertiary alicyclic amines) is 1. The molecule has 2 N–H and O–H groups in total. The number of piperidine rings is 1. The van der Waals surface area contributed by atoms with Crippen LogP contribution in [0.1, 0.15) is 36.0 Å². The van der Waals surface area contributed by atoms with Gasteiger partial charge in [-0.15, -0.1) is 24.0 Å². The minimum Gasteiger partial charge on any atom is -0.454 e. The smallest absolute Gasteiger partial charge is 0.231 e. The first-order chi connectivity index (χ1) is 14.3. The average molecular weight is 522 g/mol. The summed E-state index contributed by atoms with van der Waals surface area (Å²) in [6.07, 6.45) is 4.05. The minimum atomic E-state index is 0. The van der Waals surface area contributed by atoms with Crippen molar-refractivity contribution in [2.24, 2.45) is 4.99 Å². The zero-order chi connectivity index (χ0) is 19.9. The summed E-state index contributed by atoms with van der Waals surface area (Å²) in [5, 5.41) is 6.73. The van der Waals surface area contributed by atoms with E-state index in [1.807, 2.05) is 18.2 Å². The summed E-state index contributed by atoms with van der Waals surface area (Å²) in [5.41, 5.74) is 3.76. The second-order valence-corrected chi connectivity index (χ2v) is 7.62. The molecule has 2 heterocycles. The largest absolute Gasteiger partial charge is 0.454 e.